The van der Waals surface area contributed by atoms with Gasteiger partial charge in [0.05, 0.1) is 11.3 Å². The third-order valence-electron chi connectivity index (χ3n) is 4.95. The van der Waals surface area contributed by atoms with E-state index in [1.807, 2.05) is 42.5 Å². The van der Waals surface area contributed by atoms with E-state index in [9.17, 15) is 9.59 Å². The van der Waals surface area contributed by atoms with Crippen molar-refractivity contribution in [1.82, 2.24) is 9.97 Å². The number of fused-ring (bicyclic) bond motifs is 3. The van der Waals surface area contributed by atoms with Gasteiger partial charge in [0.2, 0.25) is 5.95 Å². The number of halogens is 1. The lowest BCUT2D eigenvalue weighted by Crippen LogP contribution is -2.28. The number of carbonyl (C=O) groups is 1. The maximum atomic E-state index is 13.2. The van der Waals surface area contributed by atoms with E-state index in [0.717, 1.165) is 15.6 Å². The lowest BCUT2D eigenvalue weighted by atomic mass is 9.82. The highest BCUT2D eigenvalue weighted by Crippen LogP contribution is 2.47. The van der Waals surface area contributed by atoms with Gasteiger partial charge in [-0.3, -0.25) is 14.6 Å². The molecule has 1 aliphatic heterocycles. The van der Waals surface area contributed by atoms with Crippen LogP contribution in [0.15, 0.2) is 63.4 Å². The molecule has 2 aromatic carbocycles. The van der Waals surface area contributed by atoms with Crippen molar-refractivity contribution in [3.05, 3.63) is 91.2 Å². The standard InChI is InChI=1S/C20H13BrN4O2/c21-10-7-5-9(6-8-10)13-14-16(11-3-1-2-4-12(11)17(14)26)23-18-15(13)19(27)25-20(22)24-18/h1-8,13H,(H4,22,23,24,25,27). The van der Waals surface area contributed by atoms with Crippen LogP contribution in [-0.2, 0) is 0 Å². The Morgan fingerprint density at radius 1 is 1.00 bits per heavy atom. The number of nitrogens with zero attached hydrogens (tertiary/aromatic N) is 1. The van der Waals surface area contributed by atoms with Gasteiger partial charge in [-0.15, -0.1) is 0 Å². The van der Waals surface area contributed by atoms with E-state index in [-0.39, 0.29) is 17.3 Å². The van der Waals surface area contributed by atoms with E-state index in [1.54, 1.807) is 6.07 Å². The lowest BCUT2D eigenvalue weighted by molar-refractivity contribution is 0.103. The van der Waals surface area contributed by atoms with Gasteiger partial charge in [0.15, 0.2) is 5.78 Å². The summed E-state index contributed by atoms with van der Waals surface area (Å²) in [7, 11) is 0. The average Bonchev–Trinajstić information content (AvgIpc) is 2.93. The third-order valence-corrected chi connectivity index (χ3v) is 5.48. The van der Waals surface area contributed by atoms with Gasteiger partial charge in [0, 0.05) is 27.1 Å². The predicted molar refractivity (Wildman–Crippen MR) is 107 cm³/mol. The Morgan fingerprint density at radius 2 is 1.70 bits per heavy atom. The van der Waals surface area contributed by atoms with E-state index >= 15 is 0 Å². The first-order valence-electron chi connectivity index (χ1n) is 8.35. The molecule has 1 atom stereocenters. The summed E-state index contributed by atoms with van der Waals surface area (Å²) in [6.45, 7) is 0. The molecule has 0 amide bonds. The van der Waals surface area contributed by atoms with Crippen molar-refractivity contribution in [3.63, 3.8) is 0 Å². The summed E-state index contributed by atoms with van der Waals surface area (Å²) in [4.78, 5) is 32.8. The van der Waals surface area contributed by atoms with Crippen LogP contribution in [0.25, 0.3) is 5.70 Å². The van der Waals surface area contributed by atoms with Crippen molar-refractivity contribution in [1.29, 1.82) is 0 Å². The van der Waals surface area contributed by atoms with Crippen LogP contribution in [0.2, 0.25) is 0 Å². The van der Waals surface area contributed by atoms with Crippen LogP contribution in [0.4, 0.5) is 11.8 Å². The van der Waals surface area contributed by atoms with E-state index in [0.29, 0.717) is 28.2 Å². The van der Waals surface area contributed by atoms with E-state index < -0.39 is 5.92 Å². The van der Waals surface area contributed by atoms with Crippen LogP contribution in [0.5, 0.6) is 0 Å². The van der Waals surface area contributed by atoms with Crippen LogP contribution < -0.4 is 16.6 Å². The largest absolute Gasteiger partial charge is 0.369 e. The highest BCUT2D eigenvalue weighted by Gasteiger charge is 2.41. The molecule has 0 radical (unpaired) electrons. The van der Waals surface area contributed by atoms with Gasteiger partial charge >= 0.3 is 0 Å². The fourth-order valence-corrected chi connectivity index (χ4v) is 4.09. The van der Waals surface area contributed by atoms with Crippen molar-refractivity contribution >= 4 is 39.2 Å². The number of aromatic amines is 1. The van der Waals surface area contributed by atoms with E-state index in [2.05, 4.69) is 31.2 Å². The minimum absolute atomic E-state index is 0.0301. The molecule has 1 unspecified atom stereocenters. The van der Waals surface area contributed by atoms with E-state index in [1.165, 1.54) is 0 Å². The van der Waals surface area contributed by atoms with Crippen LogP contribution in [0.3, 0.4) is 0 Å². The lowest BCUT2D eigenvalue weighted by Gasteiger charge is -2.27. The van der Waals surface area contributed by atoms with Gasteiger partial charge in [-0.05, 0) is 17.7 Å². The molecule has 4 N–H and O–H groups in total. The summed E-state index contributed by atoms with van der Waals surface area (Å²) in [5.74, 6) is -0.195. The summed E-state index contributed by atoms with van der Waals surface area (Å²) in [5.41, 5.74) is 9.31. The van der Waals surface area contributed by atoms with Crippen LogP contribution in [0.1, 0.15) is 33.0 Å². The topological polar surface area (TPSA) is 101 Å². The Morgan fingerprint density at radius 3 is 2.44 bits per heavy atom. The quantitative estimate of drug-likeness (QED) is 0.560. The average molecular weight is 421 g/mol. The number of benzene rings is 2. The molecule has 27 heavy (non-hydrogen) atoms. The normalized spacial score (nSPS) is 17.2. The minimum atomic E-state index is -0.527. The SMILES string of the molecule is Nc1nc2c(c(=O)[nH]1)C(c1ccc(Br)cc1)C1=C(N2)c2ccccc2C1=O. The zero-order valence-corrected chi connectivity index (χ0v) is 15.5. The third kappa shape index (κ3) is 2.28. The molecular formula is C20H13BrN4O2. The summed E-state index contributed by atoms with van der Waals surface area (Å²) >= 11 is 3.43. The Bertz CT molecular complexity index is 1210. The smallest absolute Gasteiger partial charge is 0.258 e. The summed E-state index contributed by atoms with van der Waals surface area (Å²) in [6.07, 6.45) is 0. The zero-order chi connectivity index (χ0) is 18.7. The fourth-order valence-electron chi connectivity index (χ4n) is 3.83. The number of hydrogen-bond donors (Lipinski definition) is 3. The minimum Gasteiger partial charge on any atom is -0.369 e. The summed E-state index contributed by atoms with van der Waals surface area (Å²) < 4.78 is 0.917. The number of nitrogens with one attached hydrogen (secondary N) is 2. The van der Waals surface area contributed by atoms with Crippen LogP contribution in [-0.4, -0.2) is 15.8 Å². The monoisotopic (exact) mass is 420 g/mol. The first-order valence-corrected chi connectivity index (χ1v) is 9.14. The molecular weight excluding hydrogens is 408 g/mol. The number of allylic oxidation sites excluding steroid dienone is 1. The number of nitrogen functional groups attached to an aromatic ring is 1. The van der Waals surface area contributed by atoms with Gasteiger partial charge in [-0.1, -0.05) is 52.3 Å². The van der Waals surface area contributed by atoms with Gasteiger partial charge in [-0.25, -0.2) is 0 Å². The molecule has 0 saturated heterocycles. The first kappa shape index (κ1) is 16.0. The second-order valence-electron chi connectivity index (χ2n) is 6.49. The molecule has 132 valence electrons. The summed E-state index contributed by atoms with van der Waals surface area (Å²) in [5, 5.41) is 3.18. The maximum absolute atomic E-state index is 13.2. The van der Waals surface area contributed by atoms with Gasteiger partial charge in [0.25, 0.3) is 5.56 Å². The van der Waals surface area contributed by atoms with Crippen LogP contribution >= 0.6 is 15.9 Å². The van der Waals surface area contributed by atoms with Crippen molar-refractivity contribution in [3.8, 4) is 0 Å². The Balaban J connectivity index is 1.83. The molecule has 7 heteroatoms. The number of Topliss-reactive ketones (excluding diaryl/α,β-unsaturated/α-hetero) is 1. The molecule has 0 bridgehead atoms. The zero-order valence-electron chi connectivity index (χ0n) is 13.9. The second-order valence-corrected chi connectivity index (χ2v) is 7.40. The maximum Gasteiger partial charge on any atom is 0.258 e. The molecule has 1 aliphatic carbocycles. The molecule has 0 fully saturated rings. The molecule has 3 aromatic rings. The number of carbonyl (C=O) groups excluding carboxylic acids is 1. The van der Waals surface area contributed by atoms with Gasteiger partial charge in [0.1, 0.15) is 5.82 Å². The molecule has 6 nitrogen and oxygen atoms in total. The molecule has 5 rings (SSSR count). The van der Waals surface area contributed by atoms with Gasteiger partial charge in [-0.2, -0.15) is 4.98 Å². The van der Waals surface area contributed by atoms with Gasteiger partial charge < -0.3 is 11.1 Å². The molecule has 0 saturated carbocycles. The molecule has 1 aromatic heterocycles. The van der Waals surface area contributed by atoms with Crippen molar-refractivity contribution in [2.24, 2.45) is 0 Å². The number of rotatable bonds is 1. The highest BCUT2D eigenvalue weighted by molar-refractivity contribution is 9.10. The van der Waals surface area contributed by atoms with Crippen LogP contribution in [0, 0.1) is 0 Å². The number of ketones is 1. The second kappa shape index (κ2) is 5.65. The number of H-pyrrole nitrogens is 1. The number of aromatic nitrogens is 2. The summed E-state index contributed by atoms with van der Waals surface area (Å²) in [6, 6.07) is 15.0. The number of hydrogen-bond acceptors (Lipinski definition) is 5. The van der Waals surface area contributed by atoms with Crippen molar-refractivity contribution in [2.75, 3.05) is 11.1 Å². The Kier molecular flexibility index (Phi) is 3.35. The number of anilines is 2. The Hall–Kier alpha value is -3.19. The predicted octanol–water partition coefficient (Wildman–Crippen LogP) is 3.28. The molecule has 2 aliphatic rings. The molecule has 0 spiro atoms. The van der Waals surface area contributed by atoms with Crippen molar-refractivity contribution in [2.45, 2.75) is 5.92 Å². The molecule has 2 heterocycles. The fraction of sp³-hybridized carbons (Fsp3) is 0.0500. The number of nitrogens with two attached hydrogens (primary N) is 1. The first-order chi connectivity index (χ1) is 13.0. The highest BCUT2D eigenvalue weighted by atomic mass is 79.9. The van der Waals surface area contributed by atoms with E-state index in [4.69, 9.17) is 5.73 Å². The Labute approximate surface area is 162 Å². The van der Waals surface area contributed by atoms with Crippen molar-refractivity contribution < 1.29 is 4.79 Å².